The molecule has 0 saturated carbocycles. The normalized spacial score (nSPS) is 15.4. The monoisotopic (exact) mass is 565 g/mol. The molecule has 0 spiro atoms. The number of rotatable bonds is 13. The van der Waals surface area contributed by atoms with Gasteiger partial charge in [-0.1, -0.05) is 30.7 Å². The second kappa shape index (κ2) is 12.5. The molecule has 1 aromatic carbocycles. The van der Waals surface area contributed by atoms with Gasteiger partial charge in [-0.05, 0) is 58.9 Å². The van der Waals surface area contributed by atoms with Gasteiger partial charge in [0, 0.05) is 11.1 Å². The van der Waals surface area contributed by atoms with Crippen molar-refractivity contribution >= 4 is 42.0 Å². The lowest BCUT2D eigenvalue weighted by molar-refractivity contribution is -0.149. The van der Waals surface area contributed by atoms with Crippen LogP contribution in [-0.4, -0.2) is 61.8 Å². The van der Waals surface area contributed by atoms with Gasteiger partial charge in [-0.15, -0.1) is 0 Å². The molecule has 0 aliphatic rings. The molecule has 3 N–H and O–H groups in total. The highest BCUT2D eigenvalue weighted by Gasteiger charge is 2.41. The fourth-order valence-electron chi connectivity index (χ4n) is 3.89. The van der Waals surface area contributed by atoms with Gasteiger partial charge >= 0.3 is 5.97 Å². The smallest absolute Gasteiger partial charge is 0.326 e. The van der Waals surface area contributed by atoms with Crippen LogP contribution in [0.3, 0.4) is 0 Å². The van der Waals surface area contributed by atoms with Crippen molar-refractivity contribution in [3.8, 4) is 0 Å². The number of hydrogen-bond donors (Lipinski definition) is 2. The molecule has 0 aliphatic carbocycles. The number of hydrogen-bond acceptors (Lipinski definition) is 8. The minimum atomic E-state index is -3.49. The predicted octanol–water partition coefficient (Wildman–Crippen LogP) is 4.63. The van der Waals surface area contributed by atoms with Crippen molar-refractivity contribution in [2.24, 2.45) is 0 Å². The lowest BCUT2D eigenvalue weighted by atomic mass is 10.1. The van der Waals surface area contributed by atoms with Gasteiger partial charge in [0.2, 0.25) is 7.44 Å². The Morgan fingerprint density at radius 1 is 1.24 bits per heavy atom. The number of nitrogen functional groups attached to an aromatic ring is 1. The Bertz CT molecular complexity index is 1280. The standard InChI is InChI=1S/C25H37ClN7O4P/c1-7-12-36-24(34)25(4,5)31-38(35,32(6)18(3)19-8-10-20(26)11-9-19)16-37-17(2)13-33-15-30-21-22(27)28-14-29-23(21)33/h8-11,14-15,17-18H,7,12-13,16H2,1-6H3,(H,31,35)(H2,27,28,29). The van der Waals surface area contributed by atoms with Gasteiger partial charge < -0.3 is 19.8 Å². The summed E-state index contributed by atoms with van der Waals surface area (Å²) in [6, 6.07) is 7.07. The van der Waals surface area contributed by atoms with Gasteiger partial charge in [0.1, 0.15) is 23.7 Å². The summed E-state index contributed by atoms with van der Waals surface area (Å²) < 4.78 is 29.6. The van der Waals surface area contributed by atoms with E-state index >= 15 is 0 Å². The molecule has 13 heteroatoms. The molecule has 0 bridgehead atoms. The third kappa shape index (κ3) is 7.09. The van der Waals surface area contributed by atoms with Crippen LogP contribution < -0.4 is 10.8 Å². The summed E-state index contributed by atoms with van der Waals surface area (Å²) in [4.78, 5) is 25.3. The average Bonchev–Trinajstić information content (AvgIpc) is 3.29. The van der Waals surface area contributed by atoms with Gasteiger partial charge in [-0.2, -0.15) is 0 Å². The topological polar surface area (TPSA) is 137 Å². The number of carbonyl (C=O) groups excluding carboxylic acids is 1. The third-order valence-corrected chi connectivity index (χ3v) is 9.27. The van der Waals surface area contributed by atoms with E-state index in [-0.39, 0.29) is 25.1 Å². The van der Waals surface area contributed by atoms with E-state index < -0.39 is 19.0 Å². The molecular weight excluding hydrogens is 529 g/mol. The lowest BCUT2D eigenvalue weighted by Gasteiger charge is -2.38. The quantitative estimate of drug-likeness (QED) is 0.223. The molecule has 0 fully saturated rings. The number of imidazole rings is 1. The van der Waals surface area contributed by atoms with Gasteiger partial charge in [0.25, 0.3) is 0 Å². The third-order valence-electron chi connectivity index (χ3n) is 6.24. The molecule has 2 aromatic heterocycles. The molecule has 208 valence electrons. The van der Waals surface area contributed by atoms with E-state index in [1.54, 1.807) is 44.0 Å². The Morgan fingerprint density at radius 2 is 1.92 bits per heavy atom. The summed E-state index contributed by atoms with van der Waals surface area (Å²) in [6.07, 6.45) is 3.17. The molecule has 3 atom stereocenters. The van der Waals surface area contributed by atoms with Crippen molar-refractivity contribution in [1.82, 2.24) is 29.3 Å². The zero-order chi connectivity index (χ0) is 28.1. The number of halogens is 1. The summed E-state index contributed by atoms with van der Waals surface area (Å²) in [7, 11) is -1.75. The molecule has 3 rings (SSSR count). The van der Waals surface area contributed by atoms with Crippen LogP contribution in [0.4, 0.5) is 5.82 Å². The van der Waals surface area contributed by atoms with Crippen molar-refractivity contribution < 1.29 is 18.8 Å². The highest BCUT2D eigenvalue weighted by molar-refractivity contribution is 7.59. The minimum Gasteiger partial charge on any atom is -0.464 e. The molecule has 0 saturated heterocycles. The SMILES string of the molecule is CCCOC(=O)C(C)(C)NP(=O)(COC(C)Cn1cnc2c(N)ncnc21)N(C)C(C)c1ccc(Cl)cc1. The lowest BCUT2D eigenvalue weighted by Crippen LogP contribution is -2.49. The van der Waals surface area contributed by atoms with Crippen molar-refractivity contribution in [2.75, 3.05) is 25.7 Å². The Balaban J connectivity index is 1.81. The van der Waals surface area contributed by atoms with Crippen LogP contribution in [0.15, 0.2) is 36.9 Å². The molecule has 11 nitrogen and oxygen atoms in total. The number of fused-ring (bicyclic) bond motifs is 1. The van der Waals surface area contributed by atoms with Crippen LogP contribution in [-0.2, 0) is 25.4 Å². The summed E-state index contributed by atoms with van der Waals surface area (Å²) in [6.45, 7) is 9.71. The van der Waals surface area contributed by atoms with Gasteiger partial charge in [-0.3, -0.25) is 9.36 Å². The number of nitrogens with zero attached hydrogens (tertiary/aromatic N) is 5. The molecule has 38 heavy (non-hydrogen) atoms. The number of aromatic nitrogens is 4. The molecule has 3 unspecified atom stereocenters. The Hall–Kier alpha value is -2.56. The number of benzene rings is 1. The number of esters is 1. The Morgan fingerprint density at radius 3 is 2.58 bits per heavy atom. The van der Waals surface area contributed by atoms with E-state index in [1.807, 2.05) is 37.5 Å². The molecule has 0 radical (unpaired) electrons. The highest BCUT2D eigenvalue weighted by atomic mass is 35.5. The first-order valence-electron chi connectivity index (χ1n) is 12.5. The van der Waals surface area contributed by atoms with Gasteiger partial charge in [-0.25, -0.2) is 24.7 Å². The van der Waals surface area contributed by atoms with Crippen molar-refractivity contribution in [1.29, 1.82) is 0 Å². The first kappa shape index (κ1) is 30.0. The number of anilines is 1. The van der Waals surface area contributed by atoms with Crippen molar-refractivity contribution in [2.45, 2.75) is 65.3 Å². The molecule has 3 aromatic rings. The molecule has 0 amide bonds. The number of ether oxygens (including phenoxy) is 2. The maximum absolute atomic E-state index is 14.6. The second-order valence-corrected chi connectivity index (χ2v) is 12.8. The van der Waals surface area contributed by atoms with Crippen molar-refractivity contribution in [3.05, 3.63) is 47.5 Å². The van der Waals surface area contributed by atoms with Gasteiger partial charge in [0.15, 0.2) is 11.5 Å². The van der Waals surface area contributed by atoms with E-state index in [1.165, 1.54) is 6.33 Å². The predicted molar refractivity (Wildman–Crippen MR) is 149 cm³/mol. The van der Waals surface area contributed by atoms with Gasteiger partial charge in [0.05, 0.1) is 25.6 Å². The maximum atomic E-state index is 14.6. The average molecular weight is 566 g/mol. The first-order chi connectivity index (χ1) is 17.9. The fourth-order valence-corrected chi connectivity index (χ4v) is 6.53. The summed E-state index contributed by atoms with van der Waals surface area (Å²) in [5, 5.41) is 3.70. The summed E-state index contributed by atoms with van der Waals surface area (Å²) in [5.74, 6) is -0.187. The Labute approximate surface area is 228 Å². The zero-order valence-corrected chi connectivity index (χ0v) is 24.4. The Kier molecular flexibility index (Phi) is 9.89. The maximum Gasteiger partial charge on any atom is 0.326 e. The molecule has 2 heterocycles. The number of carbonyl (C=O) groups is 1. The fraction of sp³-hybridized carbons (Fsp3) is 0.520. The first-order valence-corrected chi connectivity index (χ1v) is 14.7. The minimum absolute atomic E-state index is 0.156. The van der Waals surface area contributed by atoms with Crippen LogP contribution in [0, 0.1) is 0 Å². The molecule has 0 aliphatic heterocycles. The van der Waals surface area contributed by atoms with E-state index in [9.17, 15) is 9.36 Å². The van der Waals surface area contributed by atoms with E-state index in [4.69, 9.17) is 26.8 Å². The van der Waals surface area contributed by atoms with Crippen molar-refractivity contribution in [3.63, 3.8) is 0 Å². The van der Waals surface area contributed by atoms with E-state index in [0.29, 0.717) is 35.0 Å². The van der Waals surface area contributed by atoms with Crippen LogP contribution in [0.5, 0.6) is 0 Å². The summed E-state index contributed by atoms with van der Waals surface area (Å²) >= 11 is 6.06. The number of nitrogens with one attached hydrogen (secondary N) is 1. The largest absolute Gasteiger partial charge is 0.464 e. The second-order valence-electron chi connectivity index (χ2n) is 9.81. The zero-order valence-electron chi connectivity index (χ0n) is 22.7. The van der Waals surface area contributed by atoms with Crippen LogP contribution in [0.1, 0.15) is 52.6 Å². The van der Waals surface area contributed by atoms with Crippen LogP contribution in [0.2, 0.25) is 5.02 Å². The van der Waals surface area contributed by atoms with Crippen LogP contribution >= 0.6 is 19.0 Å². The summed E-state index contributed by atoms with van der Waals surface area (Å²) in [5.41, 5.74) is 6.68. The van der Waals surface area contributed by atoms with Crippen LogP contribution in [0.25, 0.3) is 11.2 Å². The number of nitrogens with two attached hydrogens (primary N) is 1. The van der Waals surface area contributed by atoms with E-state index in [2.05, 4.69) is 20.0 Å². The molecular formula is C25H37ClN7O4P. The van der Waals surface area contributed by atoms with E-state index in [0.717, 1.165) is 5.56 Å². The highest BCUT2D eigenvalue weighted by Crippen LogP contribution is 2.51.